The largest absolute Gasteiger partial charge is 0.314 e. The molecule has 0 saturated heterocycles. The van der Waals surface area contributed by atoms with Gasteiger partial charge >= 0.3 is 0 Å². The second-order valence-corrected chi connectivity index (χ2v) is 7.15. The molecule has 0 radical (unpaired) electrons. The van der Waals surface area contributed by atoms with Gasteiger partial charge in [0, 0.05) is 25.0 Å². The topological polar surface area (TPSA) is 59.1 Å². The summed E-state index contributed by atoms with van der Waals surface area (Å²) in [5.41, 5.74) is 0.952. The molecule has 0 unspecified atom stereocenters. The SMILES string of the molecule is CC(C)NCCS(=O)(=O)c1cncc(C(C)C)c1. The molecule has 1 rings (SSSR count). The lowest BCUT2D eigenvalue weighted by Crippen LogP contribution is -2.28. The summed E-state index contributed by atoms with van der Waals surface area (Å²) in [4.78, 5) is 4.33. The first-order valence-corrected chi connectivity index (χ1v) is 7.89. The minimum absolute atomic E-state index is 0.106. The van der Waals surface area contributed by atoms with E-state index < -0.39 is 9.84 Å². The monoisotopic (exact) mass is 270 g/mol. The van der Waals surface area contributed by atoms with Crippen molar-refractivity contribution in [3.63, 3.8) is 0 Å². The lowest BCUT2D eigenvalue weighted by atomic mass is 10.1. The van der Waals surface area contributed by atoms with Crippen molar-refractivity contribution in [2.75, 3.05) is 12.3 Å². The number of hydrogen-bond donors (Lipinski definition) is 1. The second kappa shape index (κ2) is 6.29. The van der Waals surface area contributed by atoms with E-state index in [0.29, 0.717) is 17.5 Å². The van der Waals surface area contributed by atoms with Crippen LogP contribution in [0, 0.1) is 0 Å². The molecule has 0 aliphatic carbocycles. The zero-order valence-electron chi connectivity index (χ0n) is 11.5. The second-order valence-electron chi connectivity index (χ2n) is 5.04. The highest BCUT2D eigenvalue weighted by Crippen LogP contribution is 2.17. The van der Waals surface area contributed by atoms with Gasteiger partial charge in [0.05, 0.1) is 10.6 Å². The number of sulfone groups is 1. The van der Waals surface area contributed by atoms with E-state index in [4.69, 9.17) is 0 Å². The minimum atomic E-state index is -3.24. The molecule has 18 heavy (non-hydrogen) atoms. The summed E-state index contributed by atoms with van der Waals surface area (Å²) in [6, 6.07) is 2.02. The molecular weight excluding hydrogens is 248 g/mol. The molecule has 0 bridgehead atoms. The van der Waals surface area contributed by atoms with Crippen molar-refractivity contribution in [2.24, 2.45) is 0 Å². The summed E-state index contributed by atoms with van der Waals surface area (Å²) in [5.74, 6) is 0.385. The van der Waals surface area contributed by atoms with Gasteiger partial charge in [0.2, 0.25) is 0 Å². The molecule has 1 aromatic rings. The van der Waals surface area contributed by atoms with Gasteiger partial charge in [-0.1, -0.05) is 27.7 Å². The van der Waals surface area contributed by atoms with E-state index in [1.54, 1.807) is 12.3 Å². The fourth-order valence-corrected chi connectivity index (χ4v) is 2.68. The van der Waals surface area contributed by atoms with Crippen molar-refractivity contribution < 1.29 is 8.42 Å². The van der Waals surface area contributed by atoms with E-state index in [1.165, 1.54) is 6.20 Å². The lowest BCUT2D eigenvalue weighted by molar-refractivity contribution is 0.577. The quantitative estimate of drug-likeness (QED) is 0.858. The molecule has 102 valence electrons. The molecule has 0 saturated carbocycles. The van der Waals surface area contributed by atoms with Gasteiger partial charge in [-0.05, 0) is 17.5 Å². The van der Waals surface area contributed by atoms with E-state index >= 15 is 0 Å². The minimum Gasteiger partial charge on any atom is -0.314 e. The number of aromatic nitrogens is 1. The van der Waals surface area contributed by atoms with Gasteiger partial charge < -0.3 is 5.32 Å². The highest BCUT2D eigenvalue weighted by Gasteiger charge is 2.15. The first-order valence-electron chi connectivity index (χ1n) is 6.24. The standard InChI is InChI=1S/C13H22N2O2S/c1-10(2)12-7-13(9-14-8-12)18(16,17)6-5-15-11(3)4/h7-11,15H,5-6H2,1-4H3. The lowest BCUT2D eigenvalue weighted by Gasteiger charge is -2.10. The van der Waals surface area contributed by atoms with Gasteiger partial charge in [0.1, 0.15) is 0 Å². The Morgan fingerprint density at radius 3 is 2.44 bits per heavy atom. The molecule has 0 spiro atoms. The van der Waals surface area contributed by atoms with Gasteiger partial charge in [-0.15, -0.1) is 0 Å². The summed E-state index contributed by atoms with van der Waals surface area (Å²) < 4.78 is 24.2. The maximum Gasteiger partial charge on any atom is 0.181 e. The third-order valence-electron chi connectivity index (χ3n) is 2.68. The Labute approximate surface area is 110 Å². The Balaban J connectivity index is 2.81. The Kier molecular flexibility index (Phi) is 5.28. The predicted octanol–water partition coefficient (Wildman–Crippen LogP) is 1.98. The molecule has 0 aromatic carbocycles. The number of rotatable bonds is 6. The molecule has 1 heterocycles. The molecule has 0 aliphatic heterocycles. The molecule has 1 aromatic heterocycles. The van der Waals surface area contributed by atoms with Crippen LogP contribution in [0.25, 0.3) is 0 Å². The summed E-state index contributed by atoms with van der Waals surface area (Å²) in [6.07, 6.45) is 3.15. The highest BCUT2D eigenvalue weighted by atomic mass is 32.2. The third kappa shape index (κ3) is 4.38. The molecule has 0 atom stereocenters. The first kappa shape index (κ1) is 15.1. The first-order chi connectivity index (χ1) is 8.33. The highest BCUT2D eigenvalue weighted by molar-refractivity contribution is 7.91. The number of nitrogens with zero attached hydrogens (tertiary/aromatic N) is 1. The maximum absolute atomic E-state index is 12.1. The van der Waals surface area contributed by atoms with Crippen LogP contribution in [0.4, 0.5) is 0 Å². The van der Waals surface area contributed by atoms with Crippen LogP contribution >= 0.6 is 0 Å². The summed E-state index contributed by atoms with van der Waals surface area (Å²) >= 11 is 0. The van der Waals surface area contributed by atoms with Crippen LogP contribution in [0.3, 0.4) is 0 Å². The van der Waals surface area contributed by atoms with Crippen LogP contribution in [0.15, 0.2) is 23.4 Å². The zero-order chi connectivity index (χ0) is 13.8. The molecule has 0 amide bonds. The summed E-state index contributed by atoms with van der Waals surface area (Å²) in [5, 5.41) is 3.11. The fourth-order valence-electron chi connectivity index (χ4n) is 1.52. The zero-order valence-corrected chi connectivity index (χ0v) is 12.3. The Bertz CT molecular complexity index is 482. The summed E-state index contributed by atoms with van der Waals surface area (Å²) in [7, 11) is -3.24. The molecule has 1 N–H and O–H groups in total. The van der Waals surface area contributed by atoms with E-state index in [2.05, 4.69) is 10.3 Å². The van der Waals surface area contributed by atoms with Crippen molar-refractivity contribution in [3.8, 4) is 0 Å². The van der Waals surface area contributed by atoms with E-state index in [0.717, 1.165) is 5.56 Å². The number of hydrogen-bond acceptors (Lipinski definition) is 4. The van der Waals surface area contributed by atoms with Gasteiger partial charge in [0.15, 0.2) is 9.84 Å². The van der Waals surface area contributed by atoms with Gasteiger partial charge in [0.25, 0.3) is 0 Å². The normalized spacial score (nSPS) is 12.3. The average Bonchev–Trinajstić information content (AvgIpc) is 2.28. The van der Waals surface area contributed by atoms with Crippen molar-refractivity contribution >= 4 is 9.84 Å². The maximum atomic E-state index is 12.1. The Morgan fingerprint density at radius 2 is 1.89 bits per heavy atom. The van der Waals surface area contributed by atoms with Crippen LogP contribution in [-0.4, -0.2) is 31.7 Å². The number of nitrogens with one attached hydrogen (secondary N) is 1. The van der Waals surface area contributed by atoms with Gasteiger partial charge in [-0.25, -0.2) is 8.42 Å². The van der Waals surface area contributed by atoms with Crippen molar-refractivity contribution in [1.82, 2.24) is 10.3 Å². The predicted molar refractivity (Wildman–Crippen MR) is 73.5 cm³/mol. The summed E-state index contributed by atoms with van der Waals surface area (Å²) in [6.45, 7) is 8.49. The van der Waals surface area contributed by atoms with E-state index in [9.17, 15) is 8.42 Å². The molecule has 0 fully saturated rings. The molecular formula is C13H22N2O2S. The third-order valence-corrected chi connectivity index (χ3v) is 4.37. The molecule has 5 heteroatoms. The average molecular weight is 270 g/mol. The van der Waals surface area contributed by atoms with Crippen LogP contribution in [0.1, 0.15) is 39.2 Å². The molecule has 4 nitrogen and oxygen atoms in total. The molecule has 0 aliphatic rings. The van der Waals surface area contributed by atoms with Crippen molar-refractivity contribution in [3.05, 3.63) is 24.0 Å². The smallest absolute Gasteiger partial charge is 0.181 e. The van der Waals surface area contributed by atoms with Crippen LogP contribution < -0.4 is 5.32 Å². The Hall–Kier alpha value is -0.940. The Morgan fingerprint density at radius 1 is 1.22 bits per heavy atom. The number of pyridine rings is 1. The van der Waals surface area contributed by atoms with Crippen LogP contribution in [0.5, 0.6) is 0 Å². The van der Waals surface area contributed by atoms with Crippen molar-refractivity contribution in [1.29, 1.82) is 0 Å². The van der Waals surface area contributed by atoms with E-state index in [1.807, 2.05) is 27.7 Å². The van der Waals surface area contributed by atoms with Crippen molar-refractivity contribution in [2.45, 2.75) is 44.6 Å². The van der Waals surface area contributed by atoms with Crippen LogP contribution in [0.2, 0.25) is 0 Å². The van der Waals surface area contributed by atoms with Gasteiger partial charge in [-0.3, -0.25) is 4.98 Å². The van der Waals surface area contributed by atoms with Crippen LogP contribution in [-0.2, 0) is 9.84 Å². The fraction of sp³-hybridized carbons (Fsp3) is 0.615. The van der Waals surface area contributed by atoms with E-state index in [-0.39, 0.29) is 11.7 Å². The van der Waals surface area contributed by atoms with Gasteiger partial charge in [-0.2, -0.15) is 0 Å².